The minimum atomic E-state index is -4.55. The van der Waals surface area contributed by atoms with Gasteiger partial charge in [0.1, 0.15) is 0 Å². The van der Waals surface area contributed by atoms with Crippen LogP contribution < -0.4 is 5.32 Å². The fraction of sp³-hybridized carbons (Fsp3) is 0.533. The third-order valence-corrected chi connectivity index (χ3v) is 5.83. The summed E-state index contributed by atoms with van der Waals surface area (Å²) in [5.41, 5.74) is -0.984. The van der Waals surface area contributed by atoms with E-state index in [1.807, 2.05) is 0 Å². The number of carbonyl (C=O) groups excluding carboxylic acids is 1. The van der Waals surface area contributed by atoms with E-state index in [0.29, 0.717) is 0 Å². The van der Waals surface area contributed by atoms with E-state index >= 15 is 0 Å². The van der Waals surface area contributed by atoms with Gasteiger partial charge in [-0.25, -0.2) is 8.42 Å². The van der Waals surface area contributed by atoms with E-state index in [9.17, 15) is 26.4 Å². The highest BCUT2D eigenvalue weighted by atomic mass is 32.2. The number of rotatable bonds is 4. The molecule has 1 heterocycles. The Kier molecular flexibility index (Phi) is 4.75. The van der Waals surface area contributed by atoms with Gasteiger partial charge >= 0.3 is 6.18 Å². The second-order valence-electron chi connectivity index (χ2n) is 6.16. The number of benzene rings is 1. The average molecular weight is 349 g/mol. The zero-order valence-electron chi connectivity index (χ0n) is 12.6. The van der Waals surface area contributed by atoms with E-state index in [1.54, 1.807) is 13.0 Å². The Morgan fingerprint density at radius 1 is 1.30 bits per heavy atom. The van der Waals surface area contributed by atoms with Gasteiger partial charge in [0.15, 0.2) is 9.84 Å². The number of amides is 1. The Morgan fingerprint density at radius 3 is 2.39 bits per heavy atom. The molecule has 8 heteroatoms. The zero-order valence-corrected chi connectivity index (χ0v) is 13.4. The minimum Gasteiger partial charge on any atom is -0.350 e. The Hall–Kier alpha value is -1.57. The fourth-order valence-electron chi connectivity index (χ4n) is 2.79. The fourth-order valence-corrected chi connectivity index (χ4v) is 4.88. The van der Waals surface area contributed by atoms with Crippen LogP contribution in [-0.4, -0.2) is 37.5 Å². The summed E-state index contributed by atoms with van der Waals surface area (Å²) < 4.78 is 62.7. The van der Waals surface area contributed by atoms with E-state index in [4.69, 9.17) is 0 Å². The first-order chi connectivity index (χ1) is 10.5. The molecule has 0 aliphatic carbocycles. The molecule has 0 aromatic heterocycles. The van der Waals surface area contributed by atoms with Gasteiger partial charge < -0.3 is 5.32 Å². The Balaban J connectivity index is 2.10. The van der Waals surface area contributed by atoms with Gasteiger partial charge in [-0.15, -0.1) is 0 Å². The molecule has 0 bridgehead atoms. The molecule has 2 atom stereocenters. The number of nitrogens with one attached hydrogen (secondary N) is 1. The van der Waals surface area contributed by atoms with Crippen molar-refractivity contribution in [2.45, 2.75) is 37.4 Å². The van der Waals surface area contributed by atoms with Crippen LogP contribution in [0.2, 0.25) is 0 Å². The second-order valence-corrected chi connectivity index (χ2v) is 8.34. The number of carbonyl (C=O) groups is 1. The van der Waals surface area contributed by atoms with Crippen molar-refractivity contribution in [2.24, 2.45) is 0 Å². The van der Waals surface area contributed by atoms with Crippen molar-refractivity contribution in [3.05, 3.63) is 35.9 Å². The second kappa shape index (κ2) is 6.14. The summed E-state index contributed by atoms with van der Waals surface area (Å²) in [4.78, 5) is 12.0. The molecule has 1 aromatic carbocycles. The van der Waals surface area contributed by atoms with Gasteiger partial charge in [0.05, 0.1) is 23.0 Å². The SMILES string of the molecule is CC1(NC(=O)CC(c2ccccc2)C(F)(F)F)CCS(=O)(=O)C1. The predicted octanol–water partition coefficient (Wildman–Crippen LogP) is 2.42. The summed E-state index contributed by atoms with van der Waals surface area (Å²) in [6.07, 6.45) is -5.10. The van der Waals surface area contributed by atoms with Crippen LogP contribution in [0.1, 0.15) is 31.2 Å². The van der Waals surface area contributed by atoms with Gasteiger partial charge in [-0.1, -0.05) is 30.3 Å². The quantitative estimate of drug-likeness (QED) is 0.908. The first-order valence-corrected chi connectivity index (χ1v) is 8.96. The molecular weight excluding hydrogens is 331 g/mol. The molecule has 1 saturated heterocycles. The van der Waals surface area contributed by atoms with Gasteiger partial charge in [0.25, 0.3) is 0 Å². The normalized spacial score (nSPS) is 25.0. The van der Waals surface area contributed by atoms with Gasteiger partial charge in [0, 0.05) is 6.42 Å². The van der Waals surface area contributed by atoms with E-state index < -0.39 is 39.8 Å². The van der Waals surface area contributed by atoms with Gasteiger partial charge in [-0.2, -0.15) is 13.2 Å². The molecule has 128 valence electrons. The largest absolute Gasteiger partial charge is 0.396 e. The molecule has 2 rings (SSSR count). The van der Waals surface area contributed by atoms with Crippen molar-refractivity contribution in [1.29, 1.82) is 0 Å². The Morgan fingerprint density at radius 2 is 1.91 bits per heavy atom. The highest BCUT2D eigenvalue weighted by molar-refractivity contribution is 7.91. The molecule has 0 radical (unpaired) electrons. The van der Waals surface area contributed by atoms with E-state index in [2.05, 4.69) is 5.32 Å². The van der Waals surface area contributed by atoms with Crippen molar-refractivity contribution in [3.63, 3.8) is 0 Å². The van der Waals surface area contributed by atoms with Gasteiger partial charge in [-0.05, 0) is 18.9 Å². The van der Waals surface area contributed by atoms with Crippen molar-refractivity contribution in [3.8, 4) is 0 Å². The van der Waals surface area contributed by atoms with Crippen LogP contribution in [0.3, 0.4) is 0 Å². The maximum Gasteiger partial charge on any atom is 0.396 e. The van der Waals surface area contributed by atoms with E-state index in [-0.39, 0.29) is 23.5 Å². The Labute approximate surface area is 133 Å². The number of hydrogen-bond acceptors (Lipinski definition) is 3. The molecule has 4 nitrogen and oxygen atoms in total. The highest BCUT2D eigenvalue weighted by Gasteiger charge is 2.44. The van der Waals surface area contributed by atoms with Crippen LogP contribution in [0, 0.1) is 0 Å². The lowest BCUT2D eigenvalue weighted by Gasteiger charge is -2.26. The maximum absolute atomic E-state index is 13.2. The van der Waals surface area contributed by atoms with Crippen LogP contribution in [0.4, 0.5) is 13.2 Å². The molecule has 1 aliphatic heterocycles. The molecular formula is C15H18F3NO3S. The van der Waals surface area contributed by atoms with Crippen LogP contribution in [0.15, 0.2) is 30.3 Å². The predicted molar refractivity (Wildman–Crippen MR) is 79.7 cm³/mol. The van der Waals surface area contributed by atoms with Gasteiger partial charge in [0.2, 0.25) is 5.91 Å². The summed E-state index contributed by atoms with van der Waals surface area (Å²) in [7, 11) is -3.25. The Bertz CT molecular complexity index is 673. The van der Waals surface area contributed by atoms with Crippen molar-refractivity contribution < 1.29 is 26.4 Å². The summed E-state index contributed by atoms with van der Waals surface area (Å²) >= 11 is 0. The summed E-state index contributed by atoms with van der Waals surface area (Å²) in [5.74, 6) is -3.01. The molecule has 0 saturated carbocycles. The lowest BCUT2D eigenvalue weighted by molar-refractivity contribution is -0.157. The van der Waals surface area contributed by atoms with Crippen LogP contribution in [-0.2, 0) is 14.6 Å². The molecule has 23 heavy (non-hydrogen) atoms. The smallest absolute Gasteiger partial charge is 0.350 e. The van der Waals surface area contributed by atoms with Crippen molar-refractivity contribution >= 4 is 15.7 Å². The van der Waals surface area contributed by atoms with Crippen LogP contribution >= 0.6 is 0 Å². The third kappa shape index (κ3) is 4.70. The molecule has 0 spiro atoms. The number of hydrogen-bond donors (Lipinski definition) is 1. The number of sulfone groups is 1. The monoisotopic (exact) mass is 349 g/mol. The van der Waals surface area contributed by atoms with E-state index in [0.717, 1.165) is 0 Å². The average Bonchev–Trinajstić information content (AvgIpc) is 2.69. The molecule has 1 aliphatic rings. The van der Waals surface area contributed by atoms with Crippen LogP contribution in [0.5, 0.6) is 0 Å². The van der Waals surface area contributed by atoms with Gasteiger partial charge in [-0.3, -0.25) is 4.79 Å². The standard InChI is InChI=1S/C15H18F3NO3S/c1-14(7-8-23(21,22)10-14)19-13(20)9-12(15(16,17)18)11-5-3-2-4-6-11/h2-6,12H,7-10H2,1H3,(H,19,20). The minimum absolute atomic E-state index is 0.0133. The summed E-state index contributed by atoms with van der Waals surface area (Å²) in [6.45, 7) is 1.54. The van der Waals surface area contributed by atoms with Crippen molar-refractivity contribution in [2.75, 3.05) is 11.5 Å². The number of alkyl halides is 3. The van der Waals surface area contributed by atoms with Crippen LogP contribution in [0.25, 0.3) is 0 Å². The number of halogens is 3. The van der Waals surface area contributed by atoms with Crippen molar-refractivity contribution in [1.82, 2.24) is 5.32 Å². The molecule has 1 N–H and O–H groups in total. The van der Waals surface area contributed by atoms with E-state index in [1.165, 1.54) is 24.3 Å². The first-order valence-electron chi connectivity index (χ1n) is 7.14. The summed E-state index contributed by atoms with van der Waals surface area (Å²) in [5, 5.41) is 2.47. The zero-order chi connectivity index (χ0) is 17.3. The topological polar surface area (TPSA) is 63.2 Å². The lowest BCUT2D eigenvalue weighted by Crippen LogP contribution is -2.47. The molecule has 2 unspecified atom stereocenters. The summed E-state index contributed by atoms with van der Waals surface area (Å²) in [6, 6.07) is 7.22. The molecule has 1 amide bonds. The first kappa shape index (κ1) is 17.8. The highest BCUT2D eigenvalue weighted by Crippen LogP contribution is 2.37. The third-order valence-electron chi connectivity index (χ3n) is 3.93. The molecule has 1 fully saturated rings. The molecule has 1 aromatic rings. The lowest BCUT2D eigenvalue weighted by atomic mass is 9.93. The maximum atomic E-state index is 13.2.